The Bertz CT molecular complexity index is 342. The van der Waals surface area contributed by atoms with Crippen LogP contribution in [-0.2, 0) is 11.2 Å². The van der Waals surface area contributed by atoms with E-state index in [0.29, 0.717) is 17.3 Å². The fraction of sp³-hybridized carbons (Fsp3) is 0.417. The zero-order valence-electron chi connectivity index (χ0n) is 8.89. The lowest BCUT2D eigenvalue weighted by Crippen LogP contribution is -2.12. The van der Waals surface area contributed by atoms with Gasteiger partial charge >= 0.3 is 0 Å². The van der Waals surface area contributed by atoms with E-state index in [9.17, 15) is 9.18 Å². The molecule has 0 amide bonds. The Morgan fingerprint density at radius 3 is 2.67 bits per heavy atom. The molecule has 0 aliphatic rings. The van der Waals surface area contributed by atoms with Crippen molar-refractivity contribution in [3.8, 4) is 0 Å². The molecule has 1 atom stereocenters. The molecule has 1 aromatic rings. The largest absolute Gasteiger partial charge is 0.299 e. The summed E-state index contributed by atoms with van der Waals surface area (Å²) in [6.45, 7) is 3.73. The molecular formula is C12H14BrFO. The average molecular weight is 273 g/mol. The molecule has 0 spiro atoms. The van der Waals surface area contributed by atoms with Crippen molar-refractivity contribution < 1.29 is 9.18 Å². The average Bonchev–Trinajstić information content (AvgIpc) is 2.14. The van der Waals surface area contributed by atoms with Gasteiger partial charge in [-0.25, -0.2) is 4.39 Å². The Labute approximate surface area is 97.8 Å². The van der Waals surface area contributed by atoms with Crippen molar-refractivity contribution in [1.82, 2.24) is 0 Å². The van der Waals surface area contributed by atoms with Crippen LogP contribution >= 0.6 is 15.9 Å². The highest BCUT2D eigenvalue weighted by Crippen LogP contribution is 2.18. The van der Waals surface area contributed by atoms with Gasteiger partial charge in [-0.15, -0.1) is 0 Å². The van der Waals surface area contributed by atoms with Gasteiger partial charge in [0.1, 0.15) is 11.6 Å². The van der Waals surface area contributed by atoms with E-state index in [1.165, 1.54) is 12.1 Å². The topological polar surface area (TPSA) is 17.1 Å². The summed E-state index contributed by atoms with van der Waals surface area (Å²) in [6.07, 6.45) is 1.14. The van der Waals surface area contributed by atoms with Gasteiger partial charge in [0.25, 0.3) is 0 Å². The van der Waals surface area contributed by atoms with Gasteiger partial charge in [0.15, 0.2) is 0 Å². The smallest absolute Gasteiger partial charge is 0.135 e. The standard InChI is InChI=1S/C12H14BrFO/c1-3-12(15)8(2)4-9-5-10(13)7-11(14)6-9/h5-8H,3-4H2,1-2H3. The molecule has 82 valence electrons. The molecule has 1 aromatic carbocycles. The van der Waals surface area contributed by atoms with Crippen LogP contribution < -0.4 is 0 Å². The third kappa shape index (κ3) is 3.74. The summed E-state index contributed by atoms with van der Waals surface area (Å²) in [5.41, 5.74) is 0.858. The maximum atomic E-state index is 13.0. The first-order valence-corrected chi connectivity index (χ1v) is 5.80. The lowest BCUT2D eigenvalue weighted by Gasteiger charge is -2.09. The van der Waals surface area contributed by atoms with Crippen LogP contribution in [0.1, 0.15) is 25.8 Å². The van der Waals surface area contributed by atoms with Gasteiger partial charge in [-0.1, -0.05) is 29.8 Å². The highest BCUT2D eigenvalue weighted by atomic mass is 79.9. The summed E-state index contributed by atoms with van der Waals surface area (Å²) >= 11 is 3.23. The van der Waals surface area contributed by atoms with Crippen molar-refractivity contribution in [1.29, 1.82) is 0 Å². The van der Waals surface area contributed by atoms with Crippen LogP contribution in [0, 0.1) is 11.7 Å². The van der Waals surface area contributed by atoms with Gasteiger partial charge in [0, 0.05) is 16.8 Å². The van der Waals surface area contributed by atoms with E-state index in [1.807, 2.05) is 19.9 Å². The highest BCUT2D eigenvalue weighted by molar-refractivity contribution is 9.10. The van der Waals surface area contributed by atoms with Gasteiger partial charge in [-0.3, -0.25) is 4.79 Å². The maximum absolute atomic E-state index is 13.0. The summed E-state index contributed by atoms with van der Waals surface area (Å²) < 4.78 is 13.8. The van der Waals surface area contributed by atoms with Crippen molar-refractivity contribution in [2.24, 2.45) is 5.92 Å². The second-order valence-electron chi connectivity index (χ2n) is 3.70. The van der Waals surface area contributed by atoms with Crippen molar-refractivity contribution in [3.05, 3.63) is 34.1 Å². The predicted molar refractivity (Wildman–Crippen MR) is 62.3 cm³/mol. The molecule has 1 nitrogen and oxygen atoms in total. The first-order chi connectivity index (χ1) is 7.02. The lowest BCUT2D eigenvalue weighted by atomic mass is 9.96. The van der Waals surface area contributed by atoms with Crippen LogP contribution in [0.2, 0.25) is 0 Å². The number of benzene rings is 1. The normalized spacial score (nSPS) is 12.5. The molecule has 0 saturated heterocycles. The van der Waals surface area contributed by atoms with Gasteiger partial charge < -0.3 is 0 Å². The first kappa shape index (κ1) is 12.4. The molecule has 1 rings (SSSR count). The molecular weight excluding hydrogens is 259 g/mol. The van der Waals surface area contributed by atoms with E-state index in [0.717, 1.165) is 5.56 Å². The van der Waals surface area contributed by atoms with E-state index >= 15 is 0 Å². The van der Waals surface area contributed by atoms with E-state index in [1.54, 1.807) is 0 Å². The van der Waals surface area contributed by atoms with Crippen LogP contribution in [0.5, 0.6) is 0 Å². The molecule has 0 heterocycles. The monoisotopic (exact) mass is 272 g/mol. The molecule has 15 heavy (non-hydrogen) atoms. The molecule has 0 bridgehead atoms. The van der Waals surface area contributed by atoms with Gasteiger partial charge in [-0.2, -0.15) is 0 Å². The number of Topliss-reactive ketones (excluding diaryl/α,β-unsaturated/α-hetero) is 1. The molecule has 0 aliphatic heterocycles. The highest BCUT2D eigenvalue weighted by Gasteiger charge is 2.12. The Kier molecular flexibility index (Phi) is 4.45. The van der Waals surface area contributed by atoms with E-state index in [2.05, 4.69) is 15.9 Å². The van der Waals surface area contributed by atoms with Crippen molar-refractivity contribution in [2.45, 2.75) is 26.7 Å². The number of hydrogen-bond donors (Lipinski definition) is 0. The number of rotatable bonds is 4. The Morgan fingerprint density at radius 2 is 2.13 bits per heavy atom. The second-order valence-corrected chi connectivity index (χ2v) is 4.62. The van der Waals surface area contributed by atoms with E-state index < -0.39 is 0 Å². The quantitative estimate of drug-likeness (QED) is 0.816. The van der Waals surface area contributed by atoms with Crippen molar-refractivity contribution in [3.63, 3.8) is 0 Å². The van der Waals surface area contributed by atoms with Crippen LogP contribution in [-0.4, -0.2) is 5.78 Å². The van der Waals surface area contributed by atoms with Crippen LogP contribution in [0.15, 0.2) is 22.7 Å². The molecule has 0 radical (unpaired) electrons. The summed E-state index contributed by atoms with van der Waals surface area (Å²) in [4.78, 5) is 11.4. The van der Waals surface area contributed by atoms with Gasteiger partial charge in [0.05, 0.1) is 0 Å². The zero-order valence-corrected chi connectivity index (χ0v) is 10.5. The molecule has 3 heteroatoms. The summed E-state index contributed by atoms with van der Waals surface area (Å²) in [7, 11) is 0. The SMILES string of the molecule is CCC(=O)C(C)Cc1cc(F)cc(Br)c1. The third-order valence-corrected chi connectivity index (χ3v) is 2.82. The molecule has 0 aliphatic carbocycles. The third-order valence-electron chi connectivity index (χ3n) is 2.36. The summed E-state index contributed by atoms with van der Waals surface area (Å²) in [5.74, 6) is -0.0883. The molecule has 0 aromatic heterocycles. The minimum atomic E-state index is -0.268. The zero-order chi connectivity index (χ0) is 11.4. The molecule has 1 unspecified atom stereocenters. The van der Waals surface area contributed by atoms with Crippen molar-refractivity contribution in [2.75, 3.05) is 0 Å². The Balaban J connectivity index is 2.76. The summed E-state index contributed by atoms with van der Waals surface area (Å²) in [5, 5.41) is 0. The van der Waals surface area contributed by atoms with Crippen LogP contribution in [0.25, 0.3) is 0 Å². The minimum Gasteiger partial charge on any atom is -0.299 e. The lowest BCUT2D eigenvalue weighted by molar-refractivity contribution is -0.122. The molecule has 0 fully saturated rings. The van der Waals surface area contributed by atoms with E-state index in [-0.39, 0.29) is 17.5 Å². The van der Waals surface area contributed by atoms with Crippen LogP contribution in [0.3, 0.4) is 0 Å². The molecule has 0 saturated carbocycles. The fourth-order valence-electron chi connectivity index (χ4n) is 1.54. The first-order valence-electron chi connectivity index (χ1n) is 5.00. The summed E-state index contributed by atoms with van der Waals surface area (Å²) in [6, 6.07) is 4.74. The predicted octanol–water partition coefficient (Wildman–Crippen LogP) is 3.75. The van der Waals surface area contributed by atoms with Crippen LogP contribution in [0.4, 0.5) is 4.39 Å². The van der Waals surface area contributed by atoms with Gasteiger partial charge in [0.2, 0.25) is 0 Å². The number of hydrogen-bond acceptors (Lipinski definition) is 1. The number of halogens is 2. The number of carbonyl (C=O) groups excluding carboxylic acids is 1. The van der Waals surface area contributed by atoms with Crippen molar-refractivity contribution >= 4 is 21.7 Å². The minimum absolute atomic E-state index is 0.0382. The van der Waals surface area contributed by atoms with Gasteiger partial charge in [-0.05, 0) is 30.2 Å². The number of carbonyl (C=O) groups is 1. The maximum Gasteiger partial charge on any atom is 0.135 e. The fourth-order valence-corrected chi connectivity index (χ4v) is 2.06. The van der Waals surface area contributed by atoms with E-state index in [4.69, 9.17) is 0 Å². The Morgan fingerprint density at radius 1 is 1.47 bits per heavy atom. The Hall–Kier alpha value is -0.700. The second kappa shape index (κ2) is 5.40. The molecule has 0 N–H and O–H groups in total. The number of ketones is 1.